The molecule has 0 aliphatic heterocycles. The van der Waals surface area contributed by atoms with Gasteiger partial charge in [-0.25, -0.2) is 0 Å². The molecule has 20 heavy (non-hydrogen) atoms. The van der Waals surface area contributed by atoms with Crippen LogP contribution in [-0.4, -0.2) is 12.3 Å². The van der Waals surface area contributed by atoms with Gasteiger partial charge < -0.3 is 5.73 Å². The first kappa shape index (κ1) is 17.7. The van der Waals surface area contributed by atoms with E-state index in [9.17, 15) is 4.79 Å². The van der Waals surface area contributed by atoms with E-state index in [1.165, 1.54) is 64.2 Å². The summed E-state index contributed by atoms with van der Waals surface area (Å²) in [5, 5.41) is 0. The molecule has 0 saturated heterocycles. The highest BCUT2D eigenvalue weighted by atomic mass is 16.1. The molecule has 2 N–H and O–H groups in total. The Hall–Kier alpha value is -0.370. The van der Waals surface area contributed by atoms with Crippen LogP contribution in [0.15, 0.2) is 0 Å². The van der Waals surface area contributed by atoms with Crippen LogP contribution in [0, 0.1) is 11.8 Å². The summed E-state index contributed by atoms with van der Waals surface area (Å²) in [7, 11) is 0. The van der Waals surface area contributed by atoms with Gasteiger partial charge in [0.25, 0.3) is 0 Å². The summed E-state index contributed by atoms with van der Waals surface area (Å²) in [6.07, 6.45) is 16.0. The van der Waals surface area contributed by atoms with Crippen molar-refractivity contribution in [3.63, 3.8) is 0 Å². The lowest BCUT2D eigenvalue weighted by Gasteiger charge is -2.29. The van der Waals surface area contributed by atoms with E-state index in [1.54, 1.807) is 0 Å². The summed E-state index contributed by atoms with van der Waals surface area (Å²) in [4.78, 5) is 12.3. The van der Waals surface area contributed by atoms with Gasteiger partial charge in [-0.2, -0.15) is 0 Å². The van der Waals surface area contributed by atoms with E-state index in [2.05, 4.69) is 6.92 Å². The van der Waals surface area contributed by atoms with Crippen LogP contribution in [0.4, 0.5) is 0 Å². The summed E-state index contributed by atoms with van der Waals surface area (Å²) in [5.74, 6) is 1.27. The van der Waals surface area contributed by atoms with Crippen molar-refractivity contribution in [2.75, 3.05) is 6.54 Å². The lowest BCUT2D eigenvalue weighted by molar-refractivity contribution is -0.125. The Morgan fingerprint density at radius 3 is 2.20 bits per heavy atom. The molecule has 118 valence electrons. The monoisotopic (exact) mass is 281 g/mol. The van der Waals surface area contributed by atoms with Gasteiger partial charge >= 0.3 is 0 Å². The van der Waals surface area contributed by atoms with Crippen LogP contribution in [0.5, 0.6) is 0 Å². The normalized spacial score (nSPS) is 22.9. The van der Waals surface area contributed by atoms with Gasteiger partial charge in [0.05, 0.1) is 0 Å². The molecule has 0 aromatic rings. The average molecular weight is 281 g/mol. The van der Waals surface area contributed by atoms with Crippen LogP contribution in [-0.2, 0) is 4.79 Å². The van der Waals surface area contributed by atoms with Crippen molar-refractivity contribution < 1.29 is 4.79 Å². The van der Waals surface area contributed by atoms with Gasteiger partial charge in [0, 0.05) is 12.3 Å². The maximum absolute atomic E-state index is 12.3. The van der Waals surface area contributed by atoms with E-state index in [0.717, 1.165) is 19.3 Å². The van der Waals surface area contributed by atoms with E-state index in [0.29, 0.717) is 24.2 Å². The quantitative estimate of drug-likeness (QED) is 0.550. The maximum Gasteiger partial charge on any atom is 0.136 e. The standard InChI is InChI=1S/C18H35NO/c1-2-3-4-5-6-7-8-9-14-18(20)17-13-11-10-12-16(17)15-19/h16-17H,2-15,19H2,1H3. The van der Waals surface area contributed by atoms with Crippen LogP contribution < -0.4 is 5.73 Å². The highest BCUT2D eigenvalue weighted by Gasteiger charge is 2.28. The lowest BCUT2D eigenvalue weighted by atomic mass is 9.76. The highest BCUT2D eigenvalue weighted by Crippen LogP contribution is 2.31. The molecular weight excluding hydrogens is 246 g/mol. The second kappa shape index (κ2) is 11.3. The van der Waals surface area contributed by atoms with Gasteiger partial charge in [-0.1, -0.05) is 64.7 Å². The number of unbranched alkanes of at least 4 members (excludes halogenated alkanes) is 7. The molecule has 1 saturated carbocycles. The SMILES string of the molecule is CCCCCCCCCCC(=O)C1CCCCC1CN. The van der Waals surface area contributed by atoms with Gasteiger partial charge in [-0.15, -0.1) is 0 Å². The second-order valence-corrected chi connectivity index (χ2v) is 6.58. The summed E-state index contributed by atoms with van der Waals surface area (Å²) < 4.78 is 0. The molecule has 0 bridgehead atoms. The number of carbonyl (C=O) groups is 1. The molecule has 0 amide bonds. The van der Waals surface area contributed by atoms with Gasteiger partial charge in [-0.3, -0.25) is 4.79 Å². The van der Waals surface area contributed by atoms with Crippen LogP contribution in [0.1, 0.15) is 90.4 Å². The molecule has 0 radical (unpaired) electrons. The van der Waals surface area contributed by atoms with Crippen molar-refractivity contribution in [1.82, 2.24) is 0 Å². The van der Waals surface area contributed by atoms with Gasteiger partial charge in [0.2, 0.25) is 0 Å². The smallest absolute Gasteiger partial charge is 0.136 e. The fourth-order valence-electron chi connectivity index (χ4n) is 3.53. The zero-order valence-corrected chi connectivity index (χ0v) is 13.5. The van der Waals surface area contributed by atoms with E-state index in [1.807, 2.05) is 0 Å². The summed E-state index contributed by atoms with van der Waals surface area (Å²) in [6, 6.07) is 0. The van der Waals surface area contributed by atoms with Crippen LogP contribution >= 0.6 is 0 Å². The lowest BCUT2D eigenvalue weighted by Crippen LogP contribution is -2.32. The predicted octanol–water partition coefficient (Wildman–Crippen LogP) is 4.85. The third-order valence-corrected chi connectivity index (χ3v) is 4.90. The number of hydrogen-bond donors (Lipinski definition) is 1. The van der Waals surface area contributed by atoms with Crippen LogP contribution in [0.2, 0.25) is 0 Å². The van der Waals surface area contributed by atoms with Crippen molar-refractivity contribution in [2.45, 2.75) is 90.4 Å². The average Bonchev–Trinajstić information content (AvgIpc) is 2.49. The Morgan fingerprint density at radius 2 is 1.55 bits per heavy atom. The molecule has 2 unspecified atom stereocenters. The van der Waals surface area contributed by atoms with E-state index >= 15 is 0 Å². The molecular formula is C18H35NO. The number of hydrogen-bond acceptors (Lipinski definition) is 2. The number of nitrogens with two attached hydrogens (primary N) is 1. The fourth-order valence-corrected chi connectivity index (χ4v) is 3.53. The Balaban J connectivity index is 2.04. The van der Waals surface area contributed by atoms with Crippen molar-refractivity contribution in [2.24, 2.45) is 17.6 Å². The number of carbonyl (C=O) groups excluding carboxylic acids is 1. The van der Waals surface area contributed by atoms with E-state index < -0.39 is 0 Å². The molecule has 0 heterocycles. The Labute approximate surface area is 125 Å². The zero-order chi connectivity index (χ0) is 14.6. The maximum atomic E-state index is 12.3. The predicted molar refractivity (Wildman–Crippen MR) is 86.7 cm³/mol. The minimum Gasteiger partial charge on any atom is -0.330 e. The van der Waals surface area contributed by atoms with Crippen molar-refractivity contribution in [3.8, 4) is 0 Å². The molecule has 2 heteroatoms. The third-order valence-electron chi connectivity index (χ3n) is 4.90. The molecule has 2 nitrogen and oxygen atoms in total. The van der Waals surface area contributed by atoms with Crippen molar-refractivity contribution in [1.29, 1.82) is 0 Å². The van der Waals surface area contributed by atoms with Crippen LogP contribution in [0.25, 0.3) is 0 Å². The highest BCUT2D eigenvalue weighted by molar-refractivity contribution is 5.81. The first-order valence-electron chi connectivity index (χ1n) is 9.02. The molecule has 1 rings (SSSR count). The minimum absolute atomic E-state index is 0.290. The van der Waals surface area contributed by atoms with Gasteiger partial charge in [0.1, 0.15) is 5.78 Å². The fraction of sp³-hybridized carbons (Fsp3) is 0.944. The number of rotatable bonds is 11. The largest absolute Gasteiger partial charge is 0.330 e. The number of ketones is 1. The minimum atomic E-state index is 0.290. The molecule has 1 aliphatic rings. The number of Topliss-reactive ketones (excluding diaryl/α,β-unsaturated/α-hetero) is 1. The second-order valence-electron chi connectivity index (χ2n) is 6.58. The first-order valence-corrected chi connectivity index (χ1v) is 9.02. The Kier molecular flexibility index (Phi) is 10.00. The topological polar surface area (TPSA) is 43.1 Å². The van der Waals surface area contributed by atoms with Crippen molar-refractivity contribution >= 4 is 5.78 Å². The molecule has 1 aliphatic carbocycles. The Bertz CT molecular complexity index is 252. The van der Waals surface area contributed by atoms with Crippen molar-refractivity contribution in [3.05, 3.63) is 0 Å². The molecule has 0 spiro atoms. The molecule has 1 fully saturated rings. The van der Waals surface area contributed by atoms with Gasteiger partial charge in [0.15, 0.2) is 0 Å². The summed E-state index contributed by atoms with van der Waals surface area (Å²) in [5.41, 5.74) is 5.81. The Morgan fingerprint density at radius 1 is 0.950 bits per heavy atom. The summed E-state index contributed by atoms with van der Waals surface area (Å²) >= 11 is 0. The van der Waals surface area contributed by atoms with Crippen LogP contribution in [0.3, 0.4) is 0 Å². The van der Waals surface area contributed by atoms with Gasteiger partial charge in [-0.05, 0) is 31.7 Å². The third kappa shape index (κ3) is 6.88. The first-order chi connectivity index (χ1) is 9.79. The molecule has 2 atom stereocenters. The zero-order valence-electron chi connectivity index (χ0n) is 13.5. The molecule has 0 aromatic heterocycles. The van der Waals surface area contributed by atoms with E-state index in [-0.39, 0.29) is 0 Å². The summed E-state index contributed by atoms with van der Waals surface area (Å²) in [6.45, 7) is 2.96. The van der Waals surface area contributed by atoms with E-state index in [4.69, 9.17) is 5.73 Å². The molecule has 0 aromatic carbocycles.